The Morgan fingerprint density at radius 3 is 2.07 bits per heavy atom. The molecule has 2 rings (SSSR count). The number of rotatable bonds is 10. The van der Waals surface area contributed by atoms with Gasteiger partial charge in [0.25, 0.3) is 0 Å². The van der Waals surface area contributed by atoms with Crippen molar-refractivity contribution in [3.8, 4) is 0 Å². The van der Waals surface area contributed by atoms with Gasteiger partial charge < -0.3 is 20.5 Å². The Labute approximate surface area is 173 Å². The highest BCUT2D eigenvalue weighted by Gasteiger charge is 2.27. The molecule has 0 aliphatic carbocycles. The molecule has 29 heavy (non-hydrogen) atoms. The molecule has 0 fully saturated rings. The highest BCUT2D eigenvalue weighted by atomic mass is 32.2. The Bertz CT molecular complexity index is 801. The van der Waals surface area contributed by atoms with Crippen LogP contribution >= 0.6 is 11.8 Å². The van der Waals surface area contributed by atoms with Crippen molar-refractivity contribution >= 4 is 29.7 Å². The molecule has 0 radical (unpaired) electrons. The van der Waals surface area contributed by atoms with Gasteiger partial charge >= 0.3 is 12.1 Å². The zero-order chi connectivity index (χ0) is 21.1. The number of carboxylic acids is 1. The summed E-state index contributed by atoms with van der Waals surface area (Å²) in [7, 11) is 0. The monoisotopic (exact) mass is 416 g/mol. The number of thioether (sulfide) groups is 1. The smallest absolute Gasteiger partial charge is 0.408 e. The van der Waals surface area contributed by atoms with Gasteiger partial charge in [0, 0.05) is 12.2 Å². The third kappa shape index (κ3) is 7.87. The van der Waals surface area contributed by atoms with Crippen molar-refractivity contribution in [2.75, 3.05) is 12.0 Å². The van der Waals surface area contributed by atoms with Crippen molar-refractivity contribution in [2.45, 2.75) is 25.1 Å². The Kier molecular flexibility index (Phi) is 9.04. The average molecular weight is 416 g/mol. The molecular formula is C21H24N2O5S. The summed E-state index contributed by atoms with van der Waals surface area (Å²) in [4.78, 5) is 36.3. The van der Waals surface area contributed by atoms with Crippen LogP contribution in [-0.4, -0.2) is 47.2 Å². The fourth-order valence-electron chi connectivity index (χ4n) is 2.58. The number of alkyl carbamates (subject to hydrolysis) is 1. The number of amides is 2. The Balaban J connectivity index is 2.04. The van der Waals surface area contributed by atoms with E-state index in [1.54, 1.807) is 6.26 Å². The van der Waals surface area contributed by atoms with Crippen LogP contribution in [0.2, 0.25) is 0 Å². The Morgan fingerprint density at radius 1 is 0.931 bits per heavy atom. The van der Waals surface area contributed by atoms with Crippen molar-refractivity contribution in [1.29, 1.82) is 0 Å². The topological polar surface area (TPSA) is 105 Å². The number of hydrogen-bond acceptors (Lipinski definition) is 5. The summed E-state index contributed by atoms with van der Waals surface area (Å²) >= 11 is 1.31. The van der Waals surface area contributed by atoms with Gasteiger partial charge in [-0.15, -0.1) is 0 Å². The van der Waals surface area contributed by atoms with Gasteiger partial charge in [-0.05, 0) is 17.4 Å². The van der Waals surface area contributed by atoms with E-state index in [-0.39, 0.29) is 18.8 Å². The number of carboxylic acid groups (broad SMARTS) is 1. The molecule has 0 aromatic heterocycles. The quantitative estimate of drug-likeness (QED) is 0.550. The van der Waals surface area contributed by atoms with E-state index in [0.717, 1.165) is 11.1 Å². The van der Waals surface area contributed by atoms with E-state index in [2.05, 4.69) is 10.6 Å². The predicted octanol–water partition coefficient (Wildman–Crippen LogP) is 2.46. The molecule has 8 heteroatoms. The minimum Gasteiger partial charge on any atom is -0.480 e. The van der Waals surface area contributed by atoms with Crippen LogP contribution in [0, 0.1) is 0 Å². The van der Waals surface area contributed by atoms with Crippen LogP contribution in [0.3, 0.4) is 0 Å². The van der Waals surface area contributed by atoms with Crippen molar-refractivity contribution in [2.24, 2.45) is 0 Å². The van der Waals surface area contributed by atoms with Gasteiger partial charge in [0.05, 0.1) is 0 Å². The third-order valence-corrected chi connectivity index (χ3v) is 4.72. The molecular weight excluding hydrogens is 392 g/mol. The predicted molar refractivity (Wildman–Crippen MR) is 112 cm³/mol. The van der Waals surface area contributed by atoms with E-state index >= 15 is 0 Å². The van der Waals surface area contributed by atoms with Crippen molar-refractivity contribution in [3.63, 3.8) is 0 Å². The van der Waals surface area contributed by atoms with Gasteiger partial charge in [0.15, 0.2) is 0 Å². The van der Waals surface area contributed by atoms with Crippen LogP contribution in [0.4, 0.5) is 4.79 Å². The Hall–Kier alpha value is -3.00. The summed E-state index contributed by atoms with van der Waals surface area (Å²) in [5.74, 6) is -1.48. The van der Waals surface area contributed by atoms with Crippen LogP contribution in [0.1, 0.15) is 11.1 Å². The Morgan fingerprint density at radius 2 is 1.52 bits per heavy atom. The molecule has 2 aromatic carbocycles. The molecule has 7 nitrogen and oxygen atoms in total. The van der Waals surface area contributed by atoms with Gasteiger partial charge in [-0.3, -0.25) is 4.79 Å². The van der Waals surface area contributed by atoms with Crippen molar-refractivity contribution in [3.05, 3.63) is 71.8 Å². The first-order chi connectivity index (χ1) is 14.0. The molecule has 154 valence electrons. The third-order valence-electron chi connectivity index (χ3n) is 4.05. The van der Waals surface area contributed by atoms with Gasteiger partial charge in [-0.2, -0.15) is 11.8 Å². The zero-order valence-corrected chi connectivity index (χ0v) is 16.9. The van der Waals surface area contributed by atoms with E-state index in [4.69, 9.17) is 4.74 Å². The van der Waals surface area contributed by atoms with Crippen LogP contribution in [0.15, 0.2) is 60.7 Å². The minimum atomic E-state index is -1.13. The summed E-state index contributed by atoms with van der Waals surface area (Å²) in [6, 6.07) is 16.3. The van der Waals surface area contributed by atoms with E-state index in [9.17, 15) is 19.5 Å². The molecule has 0 saturated heterocycles. The molecule has 0 bridgehead atoms. The summed E-state index contributed by atoms with van der Waals surface area (Å²) < 4.78 is 5.20. The summed E-state index contributed by atoms with van der Waals surface area (Å²) in [6.07, 6.45) is 1.21. The standard InChI is InChI=1S/C21H24N2O5S/c1-29-14-18(20(25)26)22-19(24)17(12-15-8-4-2-5-9-15)23-21(27)28-13-16-10-6-3-7-11-16/h2-11,17-18H,12-14H2,1H3,(H,22,24)(H,23,27)(H,25,26)/t17-,18+/m1/s1. The lowest BCUT2D eigenvalue weighted by Crippen LogP contribution is -2.53. The molecule has 0 spiro atoms. The molecule has 2 atom stereocenters. The number of nitrogens with one attached hydrogen (secondary N) is 2. The van der Waals surface area contributed by atoms with Crippen LogP contribution < -0.4 is 10.6 Å². The van der Waals surface area contributed by atoms with Crippen molar-refractivity contribution < 1.29 is 24.2 Å². The lowest BCUT2D eigenvalue weighted by atomic mass is 10.1. The maximum absolute atomic E-state index is 12.7. The van der Waals surface area contributed by atoms with Crippen LogP contribution in [-0.2, 0) is 27.4 Å². The first-order valence-corrected chi connectivity index (χ1v) is 10.4. The molecule has 0 aliphatic heterocycles. The van der Waals surface area contributed by atoms with Gasteiger partial charge in [-0.25, -0.2) is 9.59 Å². The summed E-state index contributed by atoms with van der Waals surface area (Å²) in [5.41, 5.74) is 1.64. The van der Waals surface area contributed by atoms with Gasteiger partial charge in [0.2, 0.25) is 5.91 Å². The minimum absolute atomic E-state index is 0.0660. The maximum Gasteiger partial charge on any atom is 0.408 e. The highest BCUT2D eigenvalue weighted by Crippen LogP contribution is 2.06. The van der Waals surface area contributed by atoms with Crippen LogP contribution in [0.5, 0.6) is 0 Å². The molecule has 0 saturated carbocycles. The lowest BCUT2D eigenvalue weighted by molar-refractivity contribution is -0.141. The average Bonchev–Trinajstić information content (AvgIpc) is 2.73. The van der Waals surface area contributed by atoms with E-state index in [0.29, 0.717) is 0 Å². The second-order valence-corrected chi connectivity index (χ2v) is 7.21. The molecule has 0 heterocycles. The van der Waals surface area contributed by atoms with Gasteiger partial charge in [-0.1, -0.05) is 60.7 Å². The first kappa shape index (κ1) is 22.3. The number of aliphatic carboxylic acids is 1. The lowest BCUT2D eigenvalue weighted by Gasteiger charge is -2.21. The van der Waals surface area contributed by atoms with E-state index < -0.39 is 30.1 Å². The normalized spacial score (nSPS) is 12.4. The number of hydrogen-bond donors (Lipinski definition) is 3. The second-order valence-electron chi connectivity index (χ2n) is 6.30. The maximum atomic E-state index is 12.7. The van der Waals surface area contributed by atoms with E-state index in [1.165, 1.54) is 11.8 Å². The van der Waals surface area contributed by atoms with Crippen LogP contribution in [0.25, 0.3) is 0 Å². The molecule has 2 aromatic rings. The fraction of sp³-hybridized carbons (Fsp3) is 0.286. The number of carbonyl (C=O) groups excluding carboxylic acids is 2. The van der Waals surface area contributed by atoms with E-state index in [1.807, 2.05) is 60.7 Å². The SMILES string of the molecule is CSC[C@H](NC(=O)[C@@H](Cc1ccccc1)NC(=O)OCc1ccccc1)C(=O)O. The molecule has 0 unspecified atom stereocenters. The van der Waals surface area contributed by atoms with Crippen molar-refractivity contribution in [1.82, 2.24) is 10.6 Å². The second kappa shape index (κ2) is 11.8. The number of carbonyl (C=O) groups is 3. The summed E-state index contributed by atoms with van der Waals surface area (Å²) in [5, 5.41) is 14.3. The van der Waals surface area contributed by atoms with Gasteiger partial charge in [0.1, 0.15) is 18.7 Å². The zero-order valence-electron chi connectivity index (χ0n) is 16.0. The first-order valence-electron chi connectivity index (χ1n) is 9.03. The summed E-state index contributed by atoms with van der Waals surface area (Å²) in [6.45, 7) is 0.0660. The molecule has 0 aliphatic rings. The number of ether oxygens (including phenoxy) is 1. The molecule has 3 N–H and O–H groups in total. The molecule has 2 amide bonds. The highest BCUT2D eigenvalue weighted by molar-refractivity contribution is 7.98. The fourth-order valence-corrected chi connectivity index (χ4v) is 3.14. The number of benzene rings is 2. The largest absolute Gasteiger partial charge is 0.480 e.